The first-order valence-electron chi connectivity index (χ1n) is 16.9. The van der Waals surface area contributed by atoms with E-state index in [1.54, 1.807) is 0 Å². The van der Waals surface area contributed by atoms with Gasteiger partial charge in [0.25, 0.3) is 0 Å². The highest BCUT2D eigenvalue weighted by Gasteiger charge is 2.22. The van der Waals surface area contributed by atoms with Gasteiger partial charge in [-0.3, -0.25) is 4.57 Å². The average Bonchev–Trinajstić information content (AvgIpc) is 3.72. The van der Waals surface area contributed by atoms with Crippen molar-refractivity contribution in [1.29, 1.82) is 0 Å². The molecule has 0 amide bonds. The minimum Gasteiger partial charge on any atom is -0.455 e. The lowest BCUT2D eigenvalue weighted by molar-refractivity contribution is 0.673. The van der Waals surface area contributed by atoms with Gasteiger partial charge in [0, 0.05) is 27.1 Å². The van der Waals surface area contributed by atoms with Crippen molar-refractivity contribution in [2.24, 2.45) is 0 Å². The monoisotopic (exact) mass is 637 g/mol. The normalized spacial score (nSPS) is 12.0. The van der Waals surface area contributed by atoms with Crippen LogP contribution >= 0.6 is 0 Å². The van der Waals surface area contributed by atoms with Crippen molar-refractivity contribution < 1.29 is 4.42 Å². The number of aromatic nitrogens is 3. The second kappa shape index (κ2) is 10.4. The van der Waals surface area contributed by atoms with E-state index in [-0.39, 0.29) is 0 Å². The summed E-state index contributed by atoms with van der Waals surface area (Å²) >= 11 is 0. The van der Waals surface area contributed by atoms with Crippen molar-refractivity contribution in [1.82, 2.24) is 14.5 Å². The lowest BCUT2D eigenvalue weighted by Crippen LogP contribution is -2.03. The highest BCUT2D eigenvalue weighted by Crippen LogP contribution is 2.42. The Morgan fingerprint density at radius 1 is 0.420 bits per heavy atom. The molecule has 3 heterocycles. The molecule has 0 bridgehead atoms. The van der Waals surface area contributed by atoms with Gasteiger partial charge >= 0.3 is 0 Å². The molecule has 0 N–H and O–H groups in total. The molecule has 0 radical (unpaired) electrons. The number of para-hydroxylation sites is 2. The summed E-state index contributed by atoms with van der Waals surface area (Å²) < 4.78 is 8.86. The van der Waals surface area contributed by atoms with Gasteiger partial charge in [-0.25, -0.2) is 9.97 Å². The maximum Gasteiger partial charge on any atom is 0.235 e. The molecule has 0 spiro atoms. The summed E-state index contributed by atoms with van der Waals surface area (Å²) in [4.78, 5) is 10.7. The molecule has 3 aromatic heterocycles. The molecule has 0 saturated heterocycles. The summed E-state index contributed by atoms with van der Waals surface area (Å²) in [6, 6.07) is 57.9. The zero-order chi connectivity index (χ0) is 32.8. The van der Waals surface area contributed by atoms with Crippen LogP contribution in [-0.2, 0) is 0 Å². The smallest absolute Gasteiger partial charge is 0.235 e. The van der Waals surface area contributed by atoms with Crippen LogP contribution in [0.4, 0.5) is 0 Å². The minimum atomic E-state index is 0.623. The zero-order valence-corrected chi connectivity index (χ0v) is 26.8. The molecule has 0 saturated carbocycles. The van der Waals surface area contributed by atoms with Gasteiger partial charge in [0.15, 0.2) is 0 Å². The Morgan fingerprint density at radius 2 is 1.04 bits per heavy atom. The van der Waals surface area contributed by atoms with Crippen molar-refractivity contribution in [2.45, 2.75) is 0 Å². The lowest BCUT2D eigenvalue weighted by atomic mass is 10.00. The molecule has 232 valence electrons. The van der Waals surface area contributed by atoms with Gasteiger partial charge in [0.05, 0.1) is 27.6 Å². The number of fused-ring (bicyclic) bond motifs is 10. The predicted octanol–water partition coefficient (Wildman–Crippen LogP) is 12.3. The van der Waals surface area contributed by atoms with Gasteiger partial charge in [0.1, 0.15) is 11.2 Å². The van der Waals surface area contributed by atoms with Crippen LogP contribution in [0.1, 0.15) is 0 Å². The molecule has 0 atom stereocenters. The van der Waals surface area contributed by atoms with Crippen LogP contribution in [0.2, 0.25) is 0 Å². The van der Waals surface area contributed by atoms with Gasteiger partial charge < -0.3 is 4.42 Å². The van der Waals surface area contributed by atoms with Crippen molar-refractivity contribution in [3.8, 4) is 28.3 Å². The summed E-state index contributed by atoms with van der Waals surface area (Å²) in [5.41, 5.74) is 8.93. The number of furan rings is 1. The maximum absolute atomic E-state index is 6.64. The molecule has 50 heavy (non-hydrogen) atoms. The van der Waals surface area contributed by atoms with E-state index in [0.717, 1.165) is 77.0 Å². The zero-order valence-electron chi connectivity index (χ0n) is 26.8. The number of hydrogen-bond acceptors (Lipinski definition) is 3. The Labute approximate surface area is 286 Å². The number of rotatable bonds is 3. The number of nitrogens with zero attached hydrogens (tertiary/aromatic N) is 3. The van der Waals surface area contributed by atoms with Gasteiger partial charge in [-0.2, -0.15) is 0 Å². The molecular weight excluding hydrogens is 611 g/mol. The van der Waals surface area contributed by atoms with Crippen LogP contribution in [0.25, 0.3) is 105 Å². The molecule has 4 heteroatoms. The van der Waals surface area contributed by atoms with Crippen LogP contribution in [-0.4, -0.2) is 14.5 Å². The molecule has 0 aliphatic carbocycles. The van der Waals surface area contributed by atoms with E-state index < -0.39 is 0 Å². The Kier molecular flexibility index (Phi) is 5.63. The summed E-state index contributed by atoms with van der Waals surface area (Å²) in [6.07, 6.45) is 0. The van der Waals surface area contributed by atoms with Crippen LogP contribution in [0.15, 0.2) is 168 Å². The van der Waals surface area contributed by atoms with E-state index in [1.165, 1.54) is 21.5 Å². The molecule has 0 unspecified atom stereocenters. The quantitative estimate of drug-likeness (QED) is 0.194. The first-order valence-corrected chi connectivity index (χ1v) is 16.9. The van der Waals surface area contributed by atoms with E-state index >= 15 is 0 Å². The molecule has 0 aliphatic heterocycles. The van der Waals surface area contributed by atoms with Gasteiger partial charge in [0.2, 0.25) is 5.95 Å². The fraction of sp³-hybridized carbons (Fsp3) is 0. The Bertz CT molecular complexity index is 3170. The van der Waals surface area contributed by atoms with Gasteiger partial charge in [-0.15, -0.1) is 0 Å². The first-order chi connectivity index (χ1) is 24.8. The Hall–Kier alpha value is -6.78. The molecular formula is C46H27N3O. The van der Waals surface area contributed by atoms with E-state index in [4.69, 9.17) is 14.4 Å². The molecule has 4 nitrogen and oxygen atoms in total. The van der Waals surface area contributed by atoms with Crippen LogP contribution < -0.4 is 0 Å². The molecule has 11 aromatic rings. The van der Waals surface area contributed by atoms with E-state index in [1.807, 2.05) is 18.2 Å². The minimum absolute atomic E-state index is 0.623. The fourth-order valence-corrected chi connectivity index (χ4v) is 7.77. The highest BCUT2D eigenvalue weighted by atomic mass is 16.3. The summed E-state index contributed by atoms with van der Waals surface area (Å²) in [6.45, 7) is 0. The third-order valence-corrected chi connectivity index (χ3v) is 10.2. The van der Waals surface area contributed by atoms with E-state index in [9.17, 15) is 0 Å². The van der Waals surface area contributed by atoms with Crippen molar-refractivity contribution >= 4 is 76.2 Å². The van der Waals surface area contributed by atoms with Gasteiger partial charge in [-0.1, -0.05) is 121 Å². The van der Waals surface area contributed by atoms with Crippen LogP contribution in [0.5, 0.6) is 0 Å². The van der Waals surface area contributed by atoms with Crippen molar-refractivity contribution in [2.75, 3.05) is 0 Å². The summed E-state index contributed by atoms with van der Waals surface area (Å²) in [7, 11) is 0. The average molecular weight is 638 g/mol. The second-order valence-electron chi connectivity index (χ2n) is 13.0. The highest BCUT2D eigenvalue weighted by molar-refractivity contribution is 6.24. The van der Waals surface area contributed by atoms with Crippen LogP contribution in [0, 0.1) is 0 Å². The summed E-state index contributed by atoms with van der Waals surface area (Å²) in [5.74, 6) is 0.623. The Balaban J connectivity index is 1.24. The third kappa shape index (κ3) is 3.99. The standard InChI is InChI=1S/C46H27N3O/c1-3-11-30-25-32(19-17-28(30)9-1)33-21-22-38-41(27-33)49(40-24-23-36-35-13-6-8-16-42(35)50-45(36)43(38)40)46-47-39-15-7-5-14-37(39)44(48-46)34-20-18-29-10-2-4-12-31(29)26-34/h1-27H. The topological polar surface area (TPSA) is 43.9 Å². The van der Waals surface area contributed by atoms with Gasteiger partial charge in [-0.05, 0) is 75.1 Å². The maximum atomic E-state index is 6.64. The predicted molar refractivity (Wildman–Crippen MR) is 207 cm³/mol. The first kappa shape index (κ1) is 27.2. The van der Waals surface area contributed by atoms with Crippen molar-refractivity contribution in [3.05, 3.63) is 164 Å². The van der Waals surface area contributed by atoms with Crippen molar-refractivity contribution in [3.63, 3.8) is 0 Å². The SMILES string of the molecule is c1ccc2cc(-c3ccc4c5c6oc7ccccc7c6ccc5n(-c5nc(-c6ccc7ccccc7c6)c6ccccc6n5)c4c3)ccc2c1. The van der Waals surface area contributed by atoms with E-state index in [2.05, 4.69) is 150 Å². The summed E-state index contributed by atoms with van der Waals surface area (Å²) in [5, 5.41) is 10.2. The third-order valence-electron chi connectivity index (χ3n) is 10.2. The molecule has 11 rings (SSSR count). The van der Waals surface area contributed by atoms with E-state index in [0.29, 0.717) is 5.95 Å². The molecule has 0 fully saturated rings. The number of hydrogen-bond donors (Lipinski definition) is 0. The molecule has 0 aliphatic rings. The largest absolute Gasteiger partial charge is 0.455 e. The number of benzene rings is 8. The second-order valence-corrected chi connectivity index (χ2v) is 13.0. The molecule has 8 aromatic carbocycles. The lowest BCUT2D eigenvalue weighted by Gasteiger charge is -2.13. The van der Waals surface area contributed by atoms with Crippen LogP contribution in [0.3, 0.4) is 0 Å². The fourth-order valence-electron chi connectivity index (χ4n) is 7.77. The Morgan fingerprint density at radius 3 is 1.86 bits per heavy atom.